The Balaban J connectivity index is 2.25. The van der Waals surface area contributed by atoms with Crippen molar-refractivity contribution in [1.29, 1.82) is 0 Å². The minimum Gasteiger partial charge on any atom is -0.480 e. The third-order valence-corrected chi connectivity index (χ3v) is 3.13. The van der Waals surface area contributed by atoms with Gasteiger partial charge in [0.25, 0.3) is 0 Å². The molecule has 0 spiro atoms. The van der Waals surface area contributed by atoms with E-state index in [2.05, 4.69) is 6.92 Å². The minimum absolute atomic E-state index is 0.0127. The van der Waals surface area contributed by atoms with Crippen LogP contribution in [0.2, 0.25) is 0 Å². The summed E-state index contributed by atoms with van der Waals surface area (Å²) in [6.45, 7) is 1.90. The summed E-state index contributed by atoms with van der Waals surface area (Å²) >= 11 is 0. The Morgan fingerprint density at radius 2 is 2.12 bits per heavy atom. The van der Waals surface area contributed by atoms with Gasteiger partial charge in [-0.15, -0.1) is 0 Å². The molecule has 17 heavy (non-hydrogen) atoms. The molecule has 0 bridgehead atoms. The molecule has 0 radical (unpaired) electrons. The molecule has 98 valence electrons. The topological polar surface area (TPSA) is 66.8 Å². The van der Waals surface area contributed by atoms with Gasteiger partial charge in [-0.1, -0.05) is 19.8 Å². The number of aliphatic carboxylic acids is 1. The summed E-state index contributed by atoms with van der Waals surface area (Å²) in [5.41, 5.74) is 0. The van der Waals surface area contributed by atoms with Crippen LogP contribution in [-0.4, -0.2) is 48.2 Å². The second-order valence-corrected chi connectivity index (χ2v) is 4.85. The Kier molecular flexibility index (Phi) is 5.41. The highest BCUT2D eigenvalue weighted by atomic mass is 16.5. The highest BCUT2D eigenvalue weighted by Crippen LogP contribution is 2.25. The number of hydrogen-bond donors (Lipinski definition) is 1. The minimum atomic E-state index is -1.01. The summed E-state index contributed by atoms with van der Waals surface area (Å²) in [7, 11) is 1.48. The average Bonchev–Trinajstić information content (AvgIpc) is 2.25. The summed E-state index contributed by atoms with van der Waals surface area (Å²) in [6.07, 6.45) is 4.52. The molecule has 0 aromatic carbocycles. The largest absolute Gasteiger partial charge is 0.480 e. The van der Waals surface area contributed by atoms with E-state index in [1.807, 2.05) is 0 Å². The van der Waals surface area contributed by atoms with E-state index in [9.17, 15) is 9.59 Å². The SMILES string of the molecule is C[C@@H]1CCC[C@H](OCC(=O)N(C)CC(=O)O)C1. The second kappa shape index (κ2) is 6.59. The molecule has 1 aliphatic rings. The maximum absolute atomic E-state index is 11.5. The van der Waals surface area contributed by atoms with Gasteiger partial charge in [0.2, 0.25) is 5.91 Å². The summed E-state index contributed by atoms with van der Waals surface area (Å²) in [6, 6.07) is 0. The lowest BCUT2D eigenvalue weighted by atomic mass is 9.89. The number of amides is 1. The molecule has 0 heterocycles. The van der Waals surface area contributed by atoms with Gasteiger partial charge in [-0.05, 0) is 18.8 Å². The molecule has 0 aliphatic heterocycles. The van der Waals surface area contributed by atoms with Gasteiger partial charge in [0, 0.05) is 7.05 Å². The Hall–Kier alpha value is -1.10. The van der Waals surface area contributed by atoms with E-state index in [0.717, 1.165) is 19.3 Å². The van der Waals surface area contributed by atoms with Crippen LogP contribution in [0.1, 0.15) is 32.6 Å². The first kappa shape index (κ1) is 14.0. The van der Waals surface area contributed by atoms with E-state index >= 15 is 0 Å². The number of ether oxygens (including phenoxy) is 1. The van der Waals surface area contributed by atoms with Crippen molar-refractivity contribution in [1.82, 2.24) is 4.90 Å². The number of carbonyl (C=O) groups is 2. The molecular formula is C12H21NO4. The van der Waals surface area contributed by atoms with E-state index in [1.165, 1.54) is 18.4 Å². The molecule has 1 saturated carbocycles. The van der Waals surface area contributed by atoms with Gasteiger partial charge in [0.05, 0.1) is 6.10 Å². The number of hydrogen-bond acceptors (Lipinski definition) is 3. The smallest absolute Gasteiger partial charge is 0.323 e. The van der Waals surface area contributed by atoms with Crippen molar-refractivity contribution in [2.24, 2.45) is 5.92 Å². The average molecular weight is 243 g/mol. The van der Waals surface area contributed by atoms with Crippen LogP contribution in [0, 0.1) is 5.92 Å². The van der Waals surface area contributed by atoms with Crippen molar-refractivity contribution in [3.8, 4) is 0 Å². The number of carboxylic acid groups (broad SMARTS) is 1. The van der Waals surface area contributed by atoms with Gasteiger partial charge in [0.1, 0.15) is 13.2 Å². The first-order chi connectivity index (χ1) is 7.99. The highest BCUT2D eigenvalue weighted by molar-refractivity contribution is 5.81. The molecule has 0 unspecified atom stereocenters. The molecule has 1 fully saturated rings. The number of carboxylic acids is 1. The zero-order chi connectivity index (χ0) is 12.8. The van der Waals surface area contributed by atoms with Crippen molar-refractivity contribution in [2.45, 2.75) is 38.7 Å². The summed E-state index contributed by atoms with van der Waals surface area (Å²) in [4.78, 5) is 23.1. The van der Waals surface area contributed by atoms with Gasteiger partial charge in [-0.3, -0.25) is 9.59 Å². The lowest BCUT2D eigenvalue weighted by Crippen LogP contribution is -2.36. The molecule has 1 aliphatic carbocycles. The van der Waals surface area contributed by atoms with Crippen LogP contribution in [0.25, 0.3) is 0 Å². The van der Waals surface area contributed by atoms with Gasteiger partial charge in [-0.2, -0.15) is 0 Å². The highest BCUT2D eigenvalue weighted by Gasteiger charge is 2.21. The number of nitrogens with zero attached hydrogens (tertiary/aromatic N) is 1. The molecule has 1 amide bonds. The standard InChI is InChI=1S/C12H21NO4/c1-9-4-3-5-10(6-9)17-8-11(14)13(2)7-12(15)16/h9-10H,3-8H2,1-2H3,(H,15,16)/t9-,10+/m1/s1. The van der Waals surface area contributed by atoms with Gasteiger partial charge in [-0.25, -0.2) is 0 Å². The summed E-state index contributed by atoms with van der Waals surface area (Å²) in [5, 5.41) is 8.55. The number of carbonyl (C=O) groups excluding carboxylic acids is 1. The zero-order valence-electron chi connectivity index (χ0n) is 10.5. The van der Waals surface area contributed by atoms with Crippen LogP contribution in [-0.2, 0) is 14.3 Å². The van der Waals surface area contributed by atoms with Crippen LogP contribution in [0.15, 0.2) is 0 Å². The van der Waals surface area contributed by atoms with Crippen LogP contribution >= 0.6 is 0 Å². The fourth-order valence-corrected chi connectivity index (χ4v) is 2.12. The molecule has 0 aromatic rings. The van der Waals surface area contributed by atoms with E-state index < -0.39 is 5.97 Å². The van der Waals surface area contributed by atoms with E-state index in [-0.39, 0.29) is 25.2 Å². The third-order valence-electron chi connectivity index (χ3n) is 3.13. The predicted molar refractivity (Wildman–Crippen MR) is 62.6 cm³/mol. The molecule has 1 rings (SSSR count). The van der Waals surface area contributed by atoms with Crippen molar-refractivity contribution in [3.05, 3.63) is 0 Å². The van der Waals surface area contributed by atoms with E-state index in [4.69, 9.17) is 9.84 Å². The van der Waals surface area contributed by atoms with E-state index in [1.54, 1.807) is 0 Å². The molecule has 1 N–H and O–H groups in total. The van der Waals surface area contributed by atoms with Crippen molar-refractivity contribution >= 4 is 11.9 Å². The predicted octanol–water partition coefficient (Wildman–Crippen LogP) is 1.12. The molecule has 0 saturated heterocycles. The Labute approximate surface area is 102 Å². The third kappa shape index (κ3) is 5.17. The first-order valence-electron chi connectivity index (χ1n) is 6.06. The molecule has 5 nitrogen and oxygen atoms in total. The normalized spacial score (nSPS) is 24.4. The zero-order valence-corrected chi connectivity index (χ0v) is 10.5. The fraction of sp³-hybridized carbons (Fsp3) is 0.833. The maximum atomic E-state index is 11.5. The Morgan fingerprint density at radius 3 is 2.71 bits per heavy atom. The first-order valence-corrected chi connectivity index (χ1v) is 6.06. The van der Waals surface area contributed by atoms with Gasteiger partial charge in [0.15, 0.2) is 0 Å². The van der Waals surface area contributed by atoms with Crippen molar-refractivity contribution in [2.75, 3.05) is 20.2 Å². The fourth-order valence-electron chi connectivity index (χ4n) is 2.12. The maximum Gasteiger partial charge on any atom is 0.323 e. The summed E-state index contributed by atoms with van der Waals surface area (Å²) < 4.78 is 5.53. The Morgan fingerprint density at radius 1 is 1.41 bits per heavy atom. The molecule has 5 heteroatoms. The van der Waals surface area contributed by atoms with Crippen LogP contribution in [0.4, 0.5) is 0 Å². The van der Waals surface area contributed by atoms with Crippen LogP contribution in [0.3, 0.4) is 0 Å². The van der Waals surface area contributed by atoms with Crippen molar-refractivity contribution in [3.63, 3.8) is 0 Å². The second-order valence-electron chi connectivity index (χ2n) is 4.85. The van der Waals surface area contributed by atoms with Crippen LogP contribution in [0.5, 0.6) is 0 Å². The molecule has 0 aromatic heterocycles. The number of rotatable bonds is 5. The van der Waals surface area contributed by atoms with Gasteiger partial charge < -0.3 is 14.7 Å². The molecular weight excluding hydrogens is 222 g/mol. The quantitative estimate of drug-likeness (QED) is 0.786. The summed E-state index contributed by atoms with van der Waals surface area (Å²) in [5.74, 6) is -0.627. The monoisotopic (exact) mass is 243 g/mol. The van der Waals surface area contributed by atoms with Crippen LogP contribution < -0.4 is 0 Å². The van der Waals surface area contributed by atoms with E-state index in [0.29, 0.717) is 5.92 Å². The lowest BCUT2D eigenvalue weighted by Gasteiger charge is -2.27. The molecule has 2 atom stereocenters. The van der Waals surface area contributed by atoms with Gasteiger partial charge >= 0.3 is 5.97 Å². The lowest BCUT2D eigenvalue weighted by molar-refractivity contribution is -0.146. The number of likely N-dealkylation sites (N-methyl/N-ethyl adjacent to an activating group) is 1. The van der Waals surface area contributed by atoms with Crippen molar-refractivity contribution < 1.29 is 19.4 Å². The Bertz CT molecular complexity index is 280.